The maximum atomic E-state index is 12.4. The number of sulfonamides is 1. The first kappa shape index (κ1) is 20.1. The number of anilines is 1. The minimum Gasteiger partial charge on any atom is -0.468 e. The van der Waals surface area contributed by atoms with E-state index >= 15 is 0 Å². The molecule has 0 saturated carbocycles. The van der Waals surface area contributed by atoms with Gasteiger partial charge in [0.15, 0.2) is 12.7 Å². The van der Waals surface area contributed by atoms with Crippen LogP contribution >= 0.6 is 0 Å². The number of furan rings is 1. The normalized spacial score (nSPS) is 16.6. The van der Waals surface area contributed by atoms with Crippen molar-refractivity contribution in [2.45, 2.75) is 30.4 Å². The molecule has 2 N–H and O–H groups in total. The lowest BCUT2D eigenvalue weighted by atomic mass is 10.2. The Morgan fingerprint density at radius 2 is 2.07 bits per heavy atom. The van der Waals surface area contributed by atoms with Crippen LogP contribution in [-0.4, -0.2) is 39.6 Å². The lowest BCUT2D eigenvalue weighted by Gasteiger charge is -2.11. The van der Waals surface area contributed by atoms with Gasteiger partial charge in [-0.05, 0) is 43.2 Å². The Bertz CT molecular complexity index is 919. The maximum absolute atomic E-state index is 12.4. The summed E-state index contributed by atoms with van der Waals surface area (Å²) < 4.78 is 42.4. The summed E-state index contributed by atoms with van der Waals surface area (Å²) in [5.41, 5.74) is 0.263. The van der Waals surface area contributed by atoms with Crippen molar-refractivity contribution in [3.8, 4) is 0 Å². The molecule has 0 radical (unpaired) electrons. The highest BCUT2D eigenvalue weighted by atomic mass is 32.2. The number of carbonyl (C=O) groups is 2. The molecule has 1 aromatic heterocycles. The van der Waals surface area contributed by atoms with Crippen molar-refractivity contribution in [1.29, 1.82) is 0 Å². The van der Waals surface area contributed by atoms with Gasteiger partial charge in [0.25, 0.3) is 5.91 Å². The fourth-order valence-corrected chi connectivity index (χ4v) is 3.63. The zero-order valence-corrected chi connectivity index (χ0v) is 15.7. The predicted octanol–water partition coefficient (Wildman–Crippen LogP) is 1.42. The number of hydrogen-bond donors (Lipinski definition) is 2. The molecule has 2 aromatic rings. The van der Waals surface area contributed by atoms with Crippen molar-refractivity contribution in [3.63, 3.8) is 0 Å². The van der Waals surface area contributed by atoms with Crippen LogP contribution < -0.4 is 10.0 Å². The van der Waals surface area contributed by atoms with E-state index in [2.05, 4.69) is 10.0 Å². The van der Waals surface area contributed by atoms with E-state index in [1.165, 1.54) is 30.5 Å². The number of carbonyl (C=O) groups excluding carboxylic acids is 2. The minimum absolute atomic E-state index is 0.00507. The molecule has 1 saturated heterocycles. The smallest absolute Gasteiger partial charge is 0.335 e. The largest absolute Gasteiger partial charge is 0.468 e. The Labute approximate surface area is 162 Å². The molecule has 0 unspecified atom stereocenters. The molecular formula is C18H20N2O7S. The monoisotopic (exact) mass is 408 g/mol. The Hall–Kier alpha value is -2.69. The number of esters is 1. The van der Waals surface area contributed by atoms with Gasteiger partial charge in [-0.2, -0.15) is 0 Å². The number of amides is 1. The summed E-state index contributed by atoms with van der Waals surface area (Å²) in [4.78, 5) is 23.7. The first-order valence-corrected chi connectivity index (χ1v) is 10.1. The van der Waals surface area contributed by atoms with E-state index in [1.54, 1.807) is 12.1 Å². The second-order valence-corrected chi connectivity index (χ2v) is 7.86. The molecule has 3 rings (SSSR count). The first-order chi connectivity index (χ1) is 13.4. The average Bonchev–Trinajstić information content (AvgIpc) is 3.38. The molecule has 1 aliphatic heterocycles. The lowest BCUT2D eigenvalue weighted by Crippen LogP contribution is -2.27. The molecule has 150 valence electrons. The van der Waals surface area contributed by atoms with Crippen molar-refractivity contribution in [3.05, 3.63) is 48.4 Å². The second-order valence-electron chi connectivity index (χ2n) is 6.09. The molecule has 1 aliphatic rings. The molecule has 10 heteroatoms. The number of hydrogen-bond acceptors (Lipinski definition) is 7. The Morgan fingerprint density at radius 3 is 2.79 bits per heavy atom. The second kappa shape index (κ2) is 9.00. The summed E-state index contributed by atoms with van der Waals surface area (Å²) in [6.07, 6.45) is 2.18. The average molecular weight is 408 g/mol. The van der Waals surface area contributed by atoms with Gasteiger partial charge in [0.1, 0.15) is 5.76 Å². The van der Waals surface area contributed by atoms with Crippen LogP contribution in [0.3, 0.4) is 0 Å². The first-order valence-electron chi connectivity index (χ1n) is 8.64. The summed E-state index contributed by atoms with van der Waals surface area (Å²) in [5.74, 6) is -0.684. The van der Waals surface area contributed by atoms with Gasteiger partial charge in [-0.3, -0.25) is 4.79 Å². The summed E-state index contributed by atoms with van der Waals surface area (Å²) in [5, 5.41) is 2.50. The third-order valence-electron chi connectivity index (χ3n) is 3.98. The topological polar surface area (TPSA) is 124 Å². The highest BCUT2D eigenvalue weighted by Crippen LogP contribution is 2.16. The van der Waals surface area contributed by atoms with E-state index in [1.807, 2.05) is 0 Å². The molecule has 2 heterocycles. The van der Waals surface area contributed by atoms with Gasteiger partial charge in [0, 0.05) is 12.3 Å². The fourth-order valence-electron chi connectivity index (χ4n) is 2.59. The number of rotatable bonds is 8. The number of ether oxygens (including phenoxy) is 2. The summed E-state index contributed by atoms with van der Waals surface area (Å²) >= 11 is 0. The molecule has 0 spiro atoms. The molecule has 1 fully saturated rings. The molecular weight excluding hydrogens is 388 g/mol. The van der Waals surface area contributed by atoms with Gasteiger partial charge >= 0.3 is 5.97 Å². The van der Waals surface area contributed by atoms with E-state index in [0.29, 0.717) is 18.8 Å². The quantitative estimate of drug-likeness (QED) is 0.633. The lowest BCUT2D eigenvalue weighted by molar-refractivity contribution is -0.156. The molecule has 0 aliphatic carbocycles. The molecule has 1 amide bonds. The van der Waals surface area contributed by atoms with Gasteiger partial charge in [0.2, 0.25) is 10.0 Å². The minimum atomic E-state index is -3.79. The Kier molecular flexibility index (Phi) is 6.45. The van der Waals surface area contributed by atoms with Crippen LogP contribution in [0, 0.1) is 0 Å². The highest BCUT2D eigenvalue weighted by Gasteiger charge is 2.25. The summed E-state index contributed by atoms with van der Waals surface area (Å²) in [7, 11) is -3.79. The summed E-state index contributed by atoms with van der Waals surface area (Å²) in [6, 6.07) is 9.05. The molecule has 1 aromatic carbocycles. The number of benzene rings is 1. The van der Waals surface area contributed by atoms with E-state index in [9.17, 15) is 18.0 Å². The molecule has 9 nitrogen and oxygen atoms in total. The van der Waals surface area contributed by atoms with E-state index < -0.39 is 34.6 Å². The van der Waals surface area contributed by atoms with Crippen molar-refractivity contribution in [1.82, 2.24) is 4.72 Å². The fraction of sp³-hybridized carbons (Fsp3) is 0.333. The van der Waals surface area contributed by atoms with Crippen LogP contribution in [0.4, 0.5) is 5.69 Å². The van der Waals surface area contributed by atoms with Crippen LogP contribution in [0.15, 0.2) is 52.0 Å². The number of nitrogens with one attached hydrogen (secondary N) is 2. The van der Waals surface area contributed by atoms with Gasteiger partial charge in [-0.25, -0.2) is 17.9 Å². The standard InChI is InChI=1S/C18H20N2O7S/c21-17(12-27-18(22)16-7-3-9-26-16)20-13-4-1-6-15(10-13)28(23,24)19-11-14-5-2-8-25-14/h1-2,4-6,8,10,16,19H,3,7,9,11-12H2,(H,20,21)/t16-/m1/s1. The summed E-state index contributed by atoms with van der Waals surface area (Å²) in [6.45, 7) is 0.0265. The van der Waals surface area contributed by atoms with Crippen molar-refractivity contribution in [2.24, 2.45) is 0 Å². The van der Waals surface area contributed by atoms with Gasteiger partial charge in [-0.1, -0.05) is 6.07 Å². The molecule has 28 heavy (non-hydrogen) atoms. The Balaban J connectivity index is 1.54. The van der Waals surface area contributed by atoms with Gasteiger partial charge in [-0.15, -0.1) is 0 Å². The van der Waals surface area contributed by atoms with Crippen LogP contribution in [0.25, 0.3) is 0 Å². The van der Waals surface area contributed by atoms with E-state index in [4.69, 9.17) is 13.9 Å². The Morgan fingerprint density at radius 1 is 1.21 bits per heavy atom. The van der Waals surface area contributed by atoms with Crippen molar-refractivity contribution in [2.75, 3.05) is 18.5 Å². The van der Waals surface area contributed by atoms with Crippen LogP contribution in [0.2, 0.25) is 0 Å². The zero-order valence-electron chi connectivity index (χ0n) is 14.9. The molecule has 0 bridgehead atoms. The SMILES string of the molecule is O=C(COC(=O)[C@H]1CCCO1)Nc1cccc(S(=O)(=O)NCc2ccco2)c1. The third kappa shape index (κ3) is 5.41. The van der Waals surface area contributed by atoms with Crippen LogP contribution in [0.1, 0.15) is 18.6 Å². The van der Waals surface area contributed by atoms with Crippen molar-refractivity contribution < 1.29 is 31.9 Å². The van der Waals surface area contributed by atoms with Crippen LogP contribution in [-0.2, 0) is 35.6 Å². The molecule has 1 atom stereocenters. The van der Waals surface area contributed by atoms with Gasteiger partial charge in [0.05, 0.1) is 17.7 Å². The predicted molar refractivity (Wildman–Crippen MR) is 97.7 cm³/mol. The maximum Gasteiger partial charge on any atom is 0.335 e. The highest BCUT2D eigenvalue weighted by molar-refractivity contribution is 7.89. The van der Waals surface area contributed by atoms with Crippen molar-refractivity contribution >= 4 is 27.6 Å². The van der Waals surface area contributed by atoms with Crippen LogP contribution in [0.5, 0.6) is 0 Å². The van der Waals surface area contributed by atoms with Gasteiger partial charge < -0.3 is 19.2 Å². The van der Waals surface area contributed by atoms with E-state index in [0.717, 1.165) is 6.42 Å². The van der Waals surface area contributed by atoms with E-state index in [-0.39, 0.29) is 17.1 Å². The zero-order chi connectivity index (χ0) is 20.0. The third-order valence-corrected chi connectivity index (χ3v) is 5.38.